The molecule has 0 radical (unpaired) electrons. The molecule has 0 fully saturated rings. The topological polar surface area (TPSA) is 83.6 Å². The highest BCUT2D eigenvalue weighted by atomic mass is 32.2. The highest BCUT2D eigenvalue weighted by molar-refractivity contribution is 7.98. The van der Waals surface area contributed by atoms with Crippen LogP contribution in [0.2, 0.25) is 0 Å². The third-order valence-electron chi connectivity index (χ3n) is 4.02. The minimum Gasteiger partial charge on any atom is -0.317 e. The van der Waals surface area contributed by atoms with E-state index in [4.69, 9.17) is 0 Å². The fraction of sp³-hybridized carbons (Fsp3) is 0.158. The van der Waals surface area contributed by atoms with E-state index in [1.165, 1.54) is 22.9 Å². The Morgan fingerprint density at radius 3 is 2.81 bits per heavy atom. The van der Waals surface area contributed by atoms with Crippen molar-refractivity contribution in [1.82, 2.24) is 13.9 Å². The molecule has 1 amide bonds. The van der Waals surface area contributed by atoms with E-state index in [9.17, 15) is 10.1 Å². The predicted molar refractivity (Wildman–Crippen MR) is 109 cm³/mol. The van der Waals surface area contributed by atoms with Gasteiger partial charge in [0, 0.05) is 29.1 Å². The summed E-state index contributed by atoms with van der Waals surface area (Å²) in [5, 5.41) is 13.0. The van der Waals surface area contributed by atoms with Crippen molar-refractivity contribution in [2.45, 2.75) is 19.0 Å². The SMILES string of the molecule is CSc1nsc(NC(=O)/C(C#N)=C\c2cccn2-c2ccc(C)c(C)c2)n1. The van der Waals surface area contributed by atoms with Gasteiger partial charge in [0.15, 0.2) is 0 Å². The van der Waals surface area contributed by atoms with E-state index in [1.807, 2.05) is 41.3 Å². The second-order valence-corrected chi connectivity index (χ2v) is 7.31. The maximum atomic E-state index is 12.4. The molecule has 0 aliphatic rings. The lowest BCUT2D eigenvalue weighted by atomic mass is 10.1. The van der Waals surface area contributed by atoms with E-state index in [0.717, 1.165) is 22.9 Å². The number of benzene rings is 1. The van der Waals surface area contributed by atoms with Crippen LogP contribution in [0.15, 0.2) is 47.3 Å². The largest absolute Gasteiger partial charge is 0.317 e. The number of nitriles is 1. The number of aromatic nitrogens is 3. The molecule has 6 nitrogen and oxygen atoms in total. The molecule has 0 unspecified atom stereocenters. The molecule has 0 atom stereocenters. The zero-order valence-electron chi connectivity index (χ0n) is 15.1. The lowest BCUT2D eigenvalue weighted by Gasteiger charge is -2.09. The first-order valence-electron chi connectivity index (χ1n) is 8.07. The molecule has 0 aliphatic heterocycles. The Hall–Kier alpha value is -2.89. The minimum atomic E-state index is -0.505. The van der Waals surface area contributed by atoms with Crippen LogP contribution in [0.1, 0.15) is 16.8 Å². The average Bonchev–Trinajstić information content (AvgIpc) is 3.31. The zero-order chi connectivity index (χ0) is 19.4. The van der Waals surface area contributed by atoms with Gasteiger partial charge in [0.25, 0.3) is 5.91 Å². The van der Waals surface area contributed by atoms with Crippen LogP contribution < -0.4 is 5.32 Å². The van der Waals surface area contributed by atoms with Gasteiger partial charge in [-0.2, -0.15) is 14.6 Å². The second kappa shape index (κ2) is 8.20. The second-order valence-electron chi connectivity index (χ2n) is 5.78. The smallest absolute Gasteiger partial charge is 0.268 e. The first-order chi connectivity index (χ1) is 13.0. The molecule has 8 heteroatoms. The van der Waals surface area contributed by atoms with Gasteiger partial charge in [-0.25, -0.2) is 0 Å². The predicted octanol–water partition coefficient (Wildman–Crippen LogP) is 4.21. The van der Waals surface area contributed by atoms with Crippen molar-refractivity contribution in [3.8, 4) is 11.8 Å². The number of rotatable bonds is 5. The first-order valence-corrected chi connectivity index (χ1v) is 10.1. The van der Waals surface area contributed by atoms with Crippen molar-refractivity contribution in [2.75, 3.05) is 11.6 Å². The standard InChI is InChI=1S/C19H17N5OS2/c1-12-6-7-16(9-13(12)2)24-8-4-5-15(24)10-14(11-20)17(25)21-18-22-19(26-3)23-27-18/h4-10H,1-3H3,(H,21,22,23,25)/b14-10-. The Kier molecular flexibility index (Phi) is 5.74. The van der Waals surface area contributed by atoms with Crippen LogP contribution in [-0.2, 0) is 4.79 Å². The van der Waals surface area contributed by atoms with Crippen LogP contribution in [0.25, 0.3) is 11.8 Å². The van der Waals surface area contributed by atoms with Gasteiger partial charge in [-0.3, -0.25) is 10.1 Å². The van der Waals surface area contributed by atoms with E-state index in [-0.39, 0.29) is 5.57 Å². The number of nitrogens with one attached hydrogen (secondary N) is 1. The van der Waals surface area contributed by atoms with Crippen LogP contribution in [0.3, 0.4) is 0 Å². The molecule has 27 heavy (non-hydrogen) atoms. The van der Waals surface area contributed by atoms with Gasteiger partial charge >= 0.3 is 0 Å². The number of thioether (sulfide) groups is 1. The summed E-state index contributed by atoms with van der Waals surface area (Å²) in [6, 6.07) is 11.8. The number of carbonyl (C=O) groups is 1. The zero-order valence-corrected chi connectivity index (χ0v) is 16.7. The maximum Gasteiger partial charge on any atom is 0.268 e. The third kappa shape index (κ3) is 4.27. The summed E-state index contributed by atoms with van der Waals surface area (Å²) in [6.45, 7) is 4.11. The molecule has 1 N–H and O–H groups in total. The van der Waals surface area contributed by atoms with Crippen molar-refractivity contribution in [3.63, 3.8) is 0 Å². The summed E-state index contributed by atoms with van der Waals surface area (Å²) < 4.78 is 6.03. The summed E-state index contributed by atoms with van der Waals surface area (Å²) in [5.74, 6) is -0.505. The maximum absolute atomic E-state index is 12.4. The molecule has 2 aromatic heterocycles. The molecule has 0 saturated heterocycles. The lowest BCUT2D eigenvalue weighted by Crippen LogP contribution is -2.13. The lowest BCUT2D eigenvalue weighted by molar-refractivity contribution is -0.112. The molecule has 136 valence electrons. The van der Waals surface area contributed by atoms with Crippen LogP contribution in [0.4, 0.5) is 5.13 Å². The molecule has 0 bridgehead atoms. The molecule has 0 spiro atoms. The van der Waals surface area contributed by atoms with Gasteiger partial charge in [0.05, 0.1) is 0 Å². The summed E-state index contributed by atoms with van der Waals surface area (Å²) in [5.41, 5.74) is 4.10. The molecule has 3 rings (SSSR count). The van der Waals surface area contributed by atoms with Gasteiger partial charge in [-0.1, -0.05) is 17.8 Å². The summed E-state index contributed by atoms with van der Waals surface area (Å²) in [6.07, 6.45) is 5.33. The van der Waals surface area contributed by atoms with Gasteiger partial charge in [-0.05, 0) is 61.6 Å². The van der Waals surface area contributed by atoms with Gasteiger partial charge < -0.3 is 4.57 Å². The Bertz CT molecular complexity index is 1060. The molecule has 3 aromatic rings. The van der Waals surface area contributed by atoms with E-state index in [2.05, 4.69) is 40.7 Å². The van der Waals surface area contributed by atoms with Crippen molar-refractivity contribution in [3.05, 3.63) is 58.9 Å². The van der Waals surface area contributed by atoms with E-state index in [1.54, 1.807) is 6.08 Å². The summed E-state index contributed by atoms with van der Waals surface area (Å²) in [7, 11) is 0. The average molecular weight is 396 g/mol. The highest BCUT2D eigenvalue weighted by Crippen LogP contribution is 2.20. The monoisotopic (exact) mass is 395 g/mol. The fourth-order valence-corrected chi connectivity index (χ4v) is 3.55. The van der Waals surface area contributed by atoms with Crippen molar-refractivity contribution in [1.29, 1.82) is 5.26 Å². The number of hydrogen-bond donors (Lipinski definition) is 1. The van der Waals surface area contributed by atoms with E-state index >= 15 is 0 Å². The fourth-order valence-electron chi connectivity index (χ4n) is 2.43. The molecule has 0 saturated carbocycles. The molecular formula is C19H17N5OS2. The molecule has 2 heterocycles. The Balaban J connectivity index is 1.88. The summed E-state index contributed by atoms with van der Waals surface area (Å²) >= 11 is 2.48. The Labute approximate surface area is 165 Å². The van der Waals surface area contributed by atoms with Crippen LogP contribution in [-0.4, -0.2) is 26.1 Å². The van der Waals surface area contributed by atoms with Gasteiger partial charge in [-0.15, -0.1) is 0 Å². The Morgan fingerprint density at radius 1 is 1.33 bits per heavy atom. The minimum absolute atomic E-state index is 0.000292. The number of amides is 1. The molecular weight excluding hydrogens is 378 g/mol. The van der Waals surface area contributed by atoms with E-state index in [0.29, 0.717) is 10.3 Å². The third-order valence-corrected chi connectivity index (χ3v) is 5.31. The first kappa shape index (κ1) is 18.9. The van der Waals surface area contributed by atoms with Crippen molar-refractivity contribution >= 4 is 40.4 Å². The quantitative estimate of drug-likeness (QED) is 0.397. The number of carbonyl (C=O) groups excluding carboxylic acids is 1. The van der Waals surface area contributed by atoms with Crippen molar-refractivity contribution in [2.24, 2.45) is 0 Å². The number of hydrogen-bond acceptors (Lipinski definition) is 6. The van der Waals surface area contributed by atoms with Crippen LogP contribution >= 0.6 is 23.3 Å². The normalized spacial score (nSPS) is 11.3. The van der Waals surface area contributed by atoms with Gasteiger partial charge in [0.2, 0.25) is 10.3 Å². The Morgan fingerprint density at radius 2 is 2.15 bits per heavy atom. The van der Waals surface area contributed by atoms with Gasteiger partial charge in [0.1, 0.15) is 11.6 Å². The number of nitrogens with zero attached hydrogens (tertiary/aromatic N) is 4. The summed E-state index contributed by atoms with van der Waals surface area (Å²) in [4.78, 5) is 16.6. The molecule has 0 aliphatic carbocycles. The van der Waals surface area contributed by atoms with E-state index < -0.39 is 5.91 Å². The van der Waals surface area contributed by atoms with Crippen LogP contribution in [0.5, 0.6) is 0 Å². The van der Waals surface area contributed by atoms with Crippen LogP contribution in [0, 0.1) is 25.2 Å². The van der Waals surface area contributed by atoms with Crippen molar-refractivity contribution < 1.29 is 4.79 Å². The number of anilines is 1. The highest BCUT2D eigenvalue weighted by Gasteiger charge is 2.14. The molecule has 1 aromatic carbocycles. The number of aryl methyl sites for hydroxylation is 2.